The lowest BCUT2D eigenvalue weighted by Crippen LogP contribution is -2.40. The van der Waals surface area contributed by atoms with Crippen molar-refractivity contribution in [2.75, 3.05) is 13.2 Å². The van der Waals surface area contributed by atoms with Gasteiger partial charge in [0, 0.05) is 18.6 Å². The largest absolute Gasteiger partial charge is 0.456 e. The Hall–Kier alpha value is -0.0151. The number of hydrogen-bond donors (Lipinski definition) is 0. The van der Waals surface area contributed by atoms with Gasteiger partial charge < -0.3 is 9.31 Å². The van der Waals surface area contributed by atoms with E-state index in [1.165, 1.54) is 0 Å². The standard InChI is InChI=1S/C7H15BO2.C2H6/c1-4-8-9-5-7(2,3)6-10-8;1-2/h4-6H2,1-3H3;1-2H3. The zero-order valence-corrected chi connectivity index (χ0v) is 9.02. The Bertz CT molecular complexity index is 105. The highest BCUT2D eigenvalue weighted by Gasteiger charge is 2.30. The SMILES string of the molecule is CC.CCB1OCC(C)(C)CO1. The first-order chi connectivity index (χ1) is 5.64. The molecule has 2 nitrogen and oxygen atoms in total. The van der Waals surface area contributed by atoms with Crippen LogP contribution in [-0.2, 0) is 9.31 Å². The van der Waals surface area contributed by atoms with Crippen molar-refractivity contribution >= 4 is 7.12 Å². The second kappa shape index (κ2) is 5.60. The lowest BCUT2D eigenvalue weighted by Gasteiger charge is -2.32. The first-order valence-electron chi connectivity index (χ1n) is 4.87. The Morgan fingerprint density at radius 3 is 1.92 bits per heavy atom. The minimum Gasteiger partial charge on any atom is -0.411 e. The van der Waals surface area contributed by atoms with Crippen LogP contribution in [0.2, 0.25) is 6.32 Å². The maximum Gasteiger partial charge on any atom is 0.456 e. The third-order valence-corrected chi connectivity index (χ3v) is 1.65. The topological polar surface area (TPSA) is 18.5 Å². The second-order valence-corrected chi connectivity index (χ2v) is 3.62. The van der Waals surface area contributed by atoms with Crippen molar-refractivity contribution in [3.63, 3.8) is 0 Å². The van der Waals surface area contributed by atoms with Gasteiger partial charge in [-0.05, 0) is 6.32 Å². The Morgan fingerprint density at radius 2 is 1.58 bits per heavy atom. The van der Waals surface area contributed by atoms with Crippen LogP contribution in [0.15, 0.2) is 0 Å². The zero-order chi connectivity index (χ0) is 9.61. The maximum atomic E-state index is 5.42. The van der Waals surface area contributed by atoms with Crippen LogP contribution in [0, 0.1) is 5.41 Å². The van der Waals surface area contributed by atoms with E-state index in [1.807, 2.05) is 13.8 Å². The lowest BCUT2D eigenvalue weighted by atomic mass is 9.81. The molecule has 0 spiro atoms. The molecule has 0 unspecified atom stereocenters. The Labute approximate surface area is 76.8 Å². The van der Waals surface area contributed by atoms with E-state index in [2.05, 4.69) is 20.8 Å². The summed E-state index contributed by atoms with van der Waals surface area (Å²) in [4.78, 5) is 0. The van der Waals surface area contributed by atoms with Gasteiger partial charge in [0.05, 0.1) is 0 Å². The molecule has 0 aromatic carbocycles. The predicted octanol–water partition coefficient (Wildman–Crippen LogP) is 2.59. The van der Waals surface area contributed by atoms with Gasteiger partial charge in [0.2, 0.25) is 0 Å². The lowest BCUT2D eigenvalue weighted by molar-refractivity contribution is 0.0287. The molecule has 0 N–H and O–H groups in total. The smallest absolute Gasteiger partial charge is 0.411 e. The van der Waals surface area contributed by atoms with Gasteiger partial charge >= 0.3 is 7.12 Å². The molecule has 1 aliphatic heterocycles. The van der Waals surface area contributed by atoms with Crippen LogP contribution >= 0.6 is 0 Å². The molecule has 1 heterocycles. The predicted molar refractivity (Wildman–Crippen MR) is 53.3 cm³/mol. The summed E-state index contributed by atoms with van der Waals surface area (Å²) in [5.41, 5.74) is 0.214. The normalized spacial score (nSPS) is 21.2. The molecule has 0 amide bonds. The second-order valence-electron chi connectivity index (χ2n) is 3.62. The van der Waals surface area contributed by atoms with E-state index in [1.54, 1.807) is 0 Å². The molecule has 0 bridgehead atoms. The zero-order valence-electron chi connectivity index (χ0n) is 9.02. The van der Waals surface area contributed by atoms with Crippen molar-refractivity contribution in [3.8, 4) is 0 Å². The van der Waals surface area contributed by atoms with Crippen molar-refractivity contribution in [1.82, 2.24) is 0 Å². The maximum absolute atomic E-state index is 5.42. The van der Waals surface area contributed by atoms with Crippen LogP contribution in [0.4, 0.5) is 0 Å². The molecule has 1 rings (SSSR count). The van der Waals surface area contributed by atoms with Crippen LogP contribution in [0.5, 0.6) is 0 Å². The third kappa shape index (κ3) is 4.12. The van der Waals surface area contributed by atoms with Crippen LogP contribution in [0.1, 0.15) is 34.6 Å². The van der Waals surface area contributed by atoms with Crippen molar-refractivity contribution in [3.05, 3.63) is 0 Å². The highest BCUT2D eigenvalue weighted by atomic mass is 16.6. The van der Waals surface area contributed by atoms with Gasteiger partial charge in [0.1, 0.15) is 0 Å². The summed E-state index contributed by atoms with van der Waals surface area (Å²) >= 11 is 0. The van der Waals surface area contributed by atoms with E-state index in [0.717, 1.165) is 19.5 Å². The molecule has 0 saturated carbocycles. The number of hydrogen-bond acceptors (Lipinski definition) is 2. The van der Waals surface area contributed by atoms with E-state index in [4.69, 9.17) is 9.31 Å². The van der Waals surface area contributed by atoms with E-state index < -0.39 is 0 Å². The molecule has 12 heavy (non-hydrogen) atoms. The monoisotopic (exact) mass is 172 g/mol. The highest BCUT2D eigenvalue weighted by Crippen LogP contribution is 2.22. The van der Waals surface area contributed by atoms with E-state index >= 15 is 0 Å². The fourth-order valence-corrected chi connectivity index (χ4v) is 0.963. The Balaban J connectivity index is 0.000000561. The summed E-state index contributed by atoms with van der Waals surface area (Å²) in [6.07, 6.45) is 0.954. The van der Waals surface area contributed by atoms with Gasteiger partial charge in [-0.3, -0.25) is 0 Å². The Morgan fingerprint density at radius 1 is 1.17 bits per heavy atom. The summed E-state index contributed by atoms with van der Waals surface area (Å²) in [6, 6.07) is 0. The molecule has 0 aromatic heterocycles. The quantitative estimate of drug-likeness (QED) is 0.566. The van der Waals surface area contributed by atoms with E-state index in [0.29, 0.717) is 0 Å². The minimum absolute atomic E-state index is 0.0491. The summed E-state index contributed by atoms with van der Waals surface area (Å²) in [5, 5.41) is 0. The fraction of sp³-hybridized carbons (Fsp3) is 1.00. The molecule has 0 aromatic rings. The molecule has 0 radical (unpaired) electrons. The van der Waals surface area contributed by atoms with Crippen LogP contribution in [-0.4, -0.2) is 20.3 Å². The highest BCUT2D eigenvalue weighted by molar-refractivity contribution is 6.44. The molecule has 0 aliphatic carbocycles. The summed E-state index contributed by atoms with van der Waals surface area (Å²) < 4.78 is 10.8. The van der Waals surface area contributed by atoms with Gasteiger partial charge in [-0.1, -0.05) is 34.6 Å². The van der Waals surface area contributed by atoms with Crippen LogP contribution in [0.25, 0.3) is 0 Å². The van der Waals surface area contributed by atoms with Gasteiger partial charge in [-0.15, -0.1) is 0 Å². The van der Waals surface area contributed by atoms with Gasteiger partial charge in [-0.25, -0.2) is 0 Å². The fourth-order valence-electron chi connectivity index (χ4n) is 0.963. The summed E-state index contributed by atoms with van der Waals surface area (Å²) in [7, 11) is 0.0491. The van der Waals surface area contributed by atoms with E-state index in [9.17, 15) is 0 Å². The van der Waals surface area contributed by atoms with Crippen molar-refractivity contribution in [2.45, 2.75) is 40.9 Å². The molecule has 3 heteroatoms. The van der Waals surface area contributed by atoms with E-state index in [-0.39, 0.29) is 12.5 Å². The molecule has 72 valence electrons. The molecule has 0 atom stereocenters. The molecule has 1 saturated heterocycles. The molecular weight excluding hydrogens is 151 g/mol. The average Bonchev–Trinajstić information content (AvgIpc) is 2.08. The van der Waals surface area contributed by atoms with Crippen LogP contribution < -0.4 is 0 Å². The van der Waals surface area contributed by atoms with Gasteiger partial charge in [0.25, 0.3) is 0 Å². The third-order valence-electron chi connectivity index (χ3n) is 1.65. The van der Waals surface area contributed by atoms with Crippen molar-refractivity contribution < 1.29 is 9.31 Å². The first kappa shape index (κ1) is 12.0. The molecular formula is C9H21BO2. The average molecular weight is 172 g/mol. The molecule has 1 aliphatic rings. The van der Waals surface area contributed by atoms with Gasteiger partial charge in [0.15, 0.2) is 0 Å². The molecule has 1 fully saturated rings. The summed E-state index contributed by atoms with van der Waals surface area (Å²) in [6.45, 7) is 12.0. The Kier molecular flexibility index (Phi) is 5.59. The summed E-state index contributed by atoms with van der Waals surface area (Å²) in [5.74, 6) is 0. The minimum atomic E-state index is 0.0491. The van der Waals surface area contributed by atoms with Crippen LogP contribution in [0.3, 0.4) is 0 Å². The van der Waals surface area contributed by atoms with Gasteiger partial charge in [-0.2, -0.15) is 0 Å². The first-order valence-corrected chi connectivity index (χ1v) is 4.87. The number of rotatable bonds is 1. The van der Waals surface area contributed by atoms with Crippen molar-refractivity contribution in [2.24, 2.45) is 5.41 Å². The van der Waals surface area contributed by atoms with Crippen molar-refractivity contribution in [1.29, 1.82) is 0 Å².